The quantitative estimate of drug-likeness (QED) is 0.843. The summed E-state index contributed by atoms with van der Waals surface area (Å²) in [6.45, 7) is 0.929. The molecule has 0 aliphatic heterocycles. The van der Waals surface area contributed by atoms with Gasteiger partial charge in [0, 0.05) is 22.3 Å². The van der Waals surface area contributed by atoms with Crippen LogP contribution in [0.1, 0.15) is 25.7 Å². The summed E-state index contributed by atoms with van der Waals surface area (Å²) in [5.41, 5.74) is 7.59. The van der Waals surface area contributed by atoms with Gasteiger partial charge in [0.15, 0.2) is 5.82 Å². The largest absolute Gasteiger partial charge is 0.399 e. The molecule has 21 heavy (non-hydrogen) atoms. The van der Waals surface area contributed by atoms with E-state index in [-0.39, 0.29) is 0 Å². The van der Waals surface area contributed by atoms with Crippen molar-refractivity contribution in [3.8, 4) is 11.4 Å². The molecule has 0 unspecified atom stereocenters. The molecule has 0 spiro atoms. The molecule has 2 aromatic rings. The standard InChI is InChI=1S/C15H18BrN5/c16-14-6-5-11(17)7-12(14)15-18-19-20-21(15)8-13(9-1-2-9)10-3-4-10/h5-7,9-10,13H,1-4,8,17H2. The van der Waals surface area contributed by atoms with Crippen molar-refractivity contribution < 1.29 is 0 Å². The lowest BCUT2D eigenvalue weighted by Crippen LogP contribution is -2.17. The molecule has 5 nitrogen and oxygen atoms in total. The van der Waals surface area contributed by atoms with Gasteiger partial charge < -0.3 is 5.73 Å². The Hall–Kier alpha value is -1.43. The number of rotatable bonds is 5. The molecular formula is C15H18BrN5. The lowest BCUT2D eigenvalue weighted by molar-refractivity contribution is 0.331. The number of nitrogen functional groups attached to an aromatic ring is 1. The second-order valence-corrected chi connectivity index (χ2v) is 7.12. The summed E-state index contributed by atoms with van der Waals surface area (Å²) >= 11 is 3.57. The van der Waals surface area contributed by atoms with Gasteiger partial charge in [0.05, 0.1) is 0 Å². The summed E-state index contributed by atoms with van der Waals surface area (Å²) in [7, 11) is 0. The van der Waals surface area contributed by atoms with Gasteiger partial charge >= 0.3 is 0 Å². The molecule has 0 amide bonds. The van der Waals surface area contributed by atoms with Crippen LogP contribution in [-0.2, 0) is 6.54 Å². The molecule has 0 radical (unpaired) electrons. The second kappa shape index (κ2) is 5.09. The Morgan fingerprint density at radius 2 is 1.95 bits per heavy atom. The van der Waals surface area contributed by atoms with E-state index in [0.29, 0.717) is 0 Å². The number of tetrazole rings is 1. The number of hydrogen-bond acceptors (Lipinski definition) is 4. The molecular weight excluding hydrogens is 330 g/mol. The number of halogens is 1. The maximum Gasteiger partial charge on any atom is 0.183 e. The van der Waals surface area contributed by atoms with Crippen LogP contribution in [0.3, 0.4) is 0 Å². The van der Waals surface area contributed by atoms with E-state index in [1.54, 1.807) is 0 Å². The van der Waals surface area contributed by atoms with Crippen LogP contribution in [0.5, 0.6) is 0 Å². The first kappa shape index (κ1) is 13.2. The van der Waals surface area contributed by atoms with E-state index in [2.05, 4.69) is 31.5 Å². The number of benzene rings is 1. The second-order valence-electron chi connectivity index (χ2n) is 6.26. The van der Waals surface area contributed by atoms with Crippen LogP contribution in [0.4, 0.5) is 5.69 Å². The van der Waals surface area contributed by atoms with Crippen LogP contribution in [0, 0.1) is 17.8 Å². The van der Waals surface area contributed by atoms with Crippen molar-refractivity contribution in [2.24, 2.45) is 17.8 Å². The van der Waals surface area contributed by atoms with Crippen LogP contribution < -0.4 is 5.73 Å². The van der Waals surface area contributed by atoms with Crippen molar-refractivity contribution in [1.82, 2.24) is 20.2 Å². The van der Waals surface area contributed by atoms with Crippen LogP contribution in [-0.4, -0.2) is 20.2 Å². The zero-order valence-corrected chi connectivity index (χ0v) is 13.3. The van der Waals surface area contributed by atoms with E-state index in [4.69, 9.17) is 5.73 Å². The molecule has 6 heteroatoms. The highest BCUT2D eigenvalue weighted by Crippen LogP contribution is 2.50. The van der Waals surface area contributed by atoms with Crippen molar-refractivity contribution >= 4 is 21.6 Å². The molecule has 2 aliphatic carbocycles. The van der Waals surface area contributed by atoms with E-state index in [1.807, 2.05) is 22.9 Å². The normalized spacial score (nSPS) is 18.4. The summed E-state index contributed by atoms with van der Waals surface area (Å²) in [5, 5.41) is 12.3. The molecule has 1 aromatic heterocycles. The maximum absolute atomic E-state index is 5.90. The number of aromatic nitrogens is 4. The number of nitrogens with zero attached hydrogens (tertiary/aromatic N) is 4. The van der Waals surface area contributed by atoms with Crippen LogP contribution in [0.2, 0.25) is 0 Å². The minimum absolute atomic E-state index is 0.726. The Morgan fingerprint density at radius 3 is 2.62 bits per heavy atom. The smallest absolute Gasteiger partial charge is 0.183 e. The van der Waals surface area contributed by atoms with Gasteiger partial charge in [-0.05, 0) is 72.1 Å². The van der Waals surface area contributed by atoms with E-state index in [1.165, 1.54) is 25.7 Å². The highest BCUT2D eigenvalue weighted by Gasteiger charge is 2.42. The van der Waals surface area contributed by atoms with Crippen LogP contribution in [0.15, 0.2) is 22.7 Å². The Labute approximate surface area is 132 Å². The average Bonchev–Trinajstić information content (AvgIpc) is 3.39. The number of anilines is 1. The fourth-order valence-corrected chi connectivity index (χ4v) is 3.59. The van der Waals surface area contributed by atoms with E-state index in [0.717, 1.165) is 45.8 Å². The fraction of sp³-hybridized carbons (Fsp3) is 0.533. The first-order chi connectivity index (χ1) is 10.2. The van der Waals surface area contributed by atoms with Gasteiger partial charge in [-0.1, -0.05) is 15.9 Å². The van der Waals surface area contributed by atoms with E-state index < -0.39 is 0 Å². The first-order valence-electron chi connectivity index (χ1n) is 7.54. The molecule has 110 valence electrons. The molecule has 0 bridgehead atoms. The fourth-order valence-electron chi connectivity index (χ4n) is 3.17. The van der Waals surface area contributed by atoms with Crippen molar-refractivity contribution in [2.45, 2.75) is 32.2 Å². The average molecular weight is 348 g/mol. The number of hydrogen-bond donors (Lipinski definition) is 1. The molecule has 0 atom stereocenters. The third kappa shape index (κ3) is 2.69. The lowest BCUT2D eigenvalue weighted by Gasteiger charge is -2.16. The van der Waals surface area contributed by atoms with Crippen molar-refractivity contribution in [1.29, 1.82) is 0 Å². The van der Waals surface area contributed by atoms with Crippen molar-refractivity contribution in [2.75, 3.05) is 5.73 Å². The van der Waals surface area contributed by atoms with Gasteiger partial charge in [-0.3, -0.25) is 0 Å². The third-order valence-corrected chi connectivity index (χ3v) is 5.29. The molecule has 2 saturated carbocycles. The van der Waals surface area contributed by atoms with Crippen LogP contribution >= 0.6 is 15.9 Å². The SMILES string of the molecule is Nc1ccc(Br)c(-c2nnnn2CC(C2CC2)C2CC2)c1. The summed E-state index contributed by atoms with van der Waals surface area (Å²) < 4.78 is 2.93. The molecule has 4 rings (SSSR count). The van der Waals surface area contributed by atoms with E-state index in [9.17, 15) is 0 Å². The molecule has 1 aromatic carbocycles. The van der Waals surface area contributed by atoms with Crippen LogP contribution in [0.25, 0.3) is 11.4 Å². The Morgan fingerprint density at radius 1 is 1.24 bits per heavy atom. The molecule has 2 aliphatic rings. The summed E-state index contributed by atoms with van der Waals surface area (Å²) in [4.78, 5) is 0. The summed E-state index contributed by atoms with van der Waals surface area (Å²) in [6.07, 6.45) is 5.50. The zero-order chi connectivity index (χ0) is 14.4. The summed E-state index contributed by atoms with van der Waals surface area (Å²) in [6, 6.07) is 5.75. The third-order valence-electron chi connectivity index (χ3n) is 4.60. The Bertz CT molecular complexity index is 648. The predicted molar refractivity (Wildman–Crippen MR) is 84.3 cm³/mol. The number of nitrogens with two attached hydrogens (primary N) is 1. The first-order valence-corrected chi connectivity index (χ1v) is 8.33. The molecule has 0 saturated heterocycles. The highest BCUT2D eigenvalue weighted by atomic mass is 79.9. The molecule has 1 heterocycles. The van der Waals surface area contributed by atoms with E-state index >= 15 is 0 Å². The maximum atomic E-state index is 5.90. The van der Waals surface area contributed by atoms with Gasteiger partial charge in [0.25, 0.3) is 0 Å². The van der Waals surface area contributed by atoms with Gasteiger partial charge in [-0.2, -0.15) is 0 Å². The highest BCUT2D eigenvalue weighted by molar-refractivity contribution is 9.10. The van der Waals surface area contributed by atoms with Gasteiger partial charge in [-0.15, -0.1) is 5.10 Å². The topological polar surface area (TPSA) is 69.6 Å². The van der Waals surface area contributed by atoms with Gasteiger partial charge in [-0.25, -0.2) is 4.68 Å². The Kier molecular flexibility index (Phi) is 3.21. The monoisotopic (exact) mass is 347 g/mol. The summed E-state index contributed by atoms with van der Waals surface area (Å²) in [5.74, 6) is 3.32. The van der Waals surface area contributed by atoms with Crippen molar-refractivity contribution in [3.05, 3.63) is 22.7 Å². The van der Waals surface area contributed by atoms with Crippen molar-refractivity contribution in [3.63, 3.8) is 0 Å². The van der Waals surface area contributed by atoms with Gasteiger partial charge in [0.1, 0.15) is 0 Å². The minimum atomic E-state index is 0.726. The Balaban J connectivity index is 1.65. The predicted octanol–water partition coefficient (Wildman–Crippen LogP) is 3.12. The lowest BCUT2D eigenvalue weighted by atomic mass is 9.98. The van der Waals surface area contributed by atoms with Gasteiger partial charge in [0.2, 0.25) is 0 Å². The molecule has 2 fully saturated rings. The molecule has 2 N–H and O–H groups in total. The zero-order valence-electron chi connectivity index (χ0n) is 11.7. The minimum Gasteiger partial charge on any atom is -0.399 e.